The van der Waals surface area contributed by atoms with Gasteiger partial charge in [-0.2, -0.15) is 9.97 Å². The van der Waals surface area contributed by atoms with Crippen LogP contribution >= 0.6 is 11.3 Å². The topological polar surface area (TPSA) is 141 Å². The number of anilines is 3. The first-order chi connectivity index (χ1) is 18.0. The molecule has 0 saturated carbocycles. The minimum Gasteiger partial charge on any atom is -0.463 e. The Bertz CT molecular complexity index is 1190. The van der Waals surface area contributed by atoms with Gasteiger partial charge in [0.05, 0.1) is 13.2 Å². The molecule has 0 radical (unpaired) electrons. The number of hydrogen-bond acceptors (Lipinski definition) is 11. The number of amides is 1. The number of unbranched alkanes of at least 4 members (excludes halogenated alkanes) is 1. The normalized spacial score (nSPS) is 15.5. The minimum absolute atomic E-state index is 0.149. The third kappa shape index (κ3) is 6.74. The predicted octanol–water partition coefficient (Wildman–Crippen LogP) is 2.96. The summed E-state index contributed by atoms with van der Waals surface area (Å²) in [5.41, 5.74) is 6.58. The molecule has 0 spiro atoms. The molecule has 3 aromatic rings. The van der Waals surface area contributed by atoms with Crippen LogP contribution in [0.15, 0.2) is 30.9 Å². The number of carbonyl (C=O) groups is 2. The Kier molecular flexibility index (Phi) is 8.90. The first-order valence-corrected chi connectivity index (χ1v) is 13.0. The molecule has 12 nitrogen and oxygen atoms in total. The van der Waals surface area contributed by atoms with Gasteiger partial charge in [-0.15, -0.1) is 11.3 Å². The van der Waals surface area contributed by atoms with E-state index in [1.54, 1.807) is 30.8 Å². The molecule has 198 valence electrons. The minimum atomic E-state index is -0.415. The molecule has 4 heterocycles. The van der Waals surface area contributed by atoms with Crippen LogP contribution < -0.4 is 20.7 Å². The number of nitrogens with zero attached hydrogens (tertiary/aromatic N) is 6. The number of nitrogens with one attached hydrogen (secondary N) is 1. The maximum Gasteiger partial charge on any atom is 0.419 e. The summed E-state index contributed by atoms with van der Waals surface area (Å²) >= 11 is 1.62. The van der Waals surface area contributed by atoms with Gasteiger partial charge in [0, 0.05) is 48.8 Å². The van der Waals surface area contributed by atoms with E-state index in [9.17, 15) is 9.59 Å². The summed E-state index contributed by atoms with van der Waals surface area (Å²) in [5, 5.41) is 2.99. The van der Waals surface area contributed by atoms with Gasteiger partial charge in [0.2, 0.25) is 6.41 Å². The van der Waals surface area contributed by atoms with Gasteiger partial charge in [-0.25, -0.2) is 14.3 Å². The molecular formula is C24H32N8O4S. The molecule has 1 saturated heterocycles. The Morgan fingerprint density at radius 1 is 1.35 bits per heavy atom. The molecule has 1 fully saturated rings. The Morgan fingerprint density at radius 3 is 2.92 bits per heavy atom. The van der Waals surface area contributed by atoms with Gasteiger partial charge in [-0.1, -0.05) is 13.3 Å². The van der Waals surface area contributed by atoms with Crippen molar-refractivity contribution >= 4 is 41.2 Å². The van der Waals surface area contributed by atoms with Gasteiger partial charge in [-0.3, -0.25) is 14.6 Å². The zero-order valence-corrected chi connectivity index (χ0v) is 21.8. The smallest absolute Gasteiger partial charge is 0.419 e. The summed E-state index contributed by atoms with van der Waals surface area (Å²) in [7, 11) is 1.71. The van der Waals surface area contributed by atoms with Crippen molar-refractivity contribution in [3.63, 3.8) is 0 Å². The first-order valence-electron chi connectivity index (χ1n) is 12.2. The first kappa shape index (κ1) is 26.4. The Hall–Kier alpha value is -3.71. The molecular weight excluding hydrogens is 496 g/mol. The van der Waals surface area contributed by atoms with Crippen molar-refractivity contribution in [3.8, 4) is 6.01 Å². The van der Waals surface area contributed by atoms with Crippen molar-refractivity contribution in [3.05, 3.63) is 40.6 Å². The molecule has 1 unspecified atom stereocenters. The molecule has 0 aromatic carbocycles. The van der Waals surface area contributed by atoms with Gasteiger partial charge in [0.1, 0.15) is 18.1 Å². The van der Waals surface area contributed by atoms with Gasteiger partial charge >= 0.3 is 12.1 Å². The summed E-state index contributed by atoms with van der Waals surface area (Å²) in [6.45, 7) is 5.12. The lowest BCUT2D eigenvalue weighted by Gasteiger charge is -2.20. The molecule has 1 aliphatic rings. The Labute approximate surface area is 219 Å². The highest BCUT2D eigenvalue weighted by molar-refractivity contribution is 7.12. The van der Waals surface area contributed by atoms with E-state index < -0.39 is 6.09 Å². The largest absolute Gasteiger partial charge is 0.463 e. The number of hydrogen-bond donors (Lipinski definition) is 2. The maximum absolute atomic E-state index is 12.2. The second-order valence-electron chi connectivity index (χ2n) is 8.64. The number of aromatic nitrogens is 4. The lowest BCUT2D eigenvalue weighted by Crippen LogP contribution is -2.26. The third-order valence-electron chi connectivity index (χ3n) is 5.91. The highest BCUT2D eigenvalue weighted by Gasteiger charge is 2.26. The number of thiophene rings is 1. The summed E-state index contributed by atoms with van der Waals surface area (Å²) in [4.78, 5) is 42.6. The molecule has 1 atom stereocenters. The number of imidazole rings is 1. The van der Waals surface area contributed by atoms with Crippen LogP contribution in [0.25, 0.3) is 0 Å². The molecule has 3 N–H and O–H groups in total. The fraction of sp³-hybridized carbons (Fsp3) is 0.458. The molecule has 4 rings (SSSR count). The van der Waals surface area contributed by atoms with Crippen molar-refractivity contribution in [1.29, 1.82) is 0 Å². The van der Waals surface area contributed by atoms with Crippen molar-refractivity contribution in [2.75, 3.05) is 42.7 Å². The Morgan fingerprint density at radius 2 is 2.19 bits per heavy atom. The van der Waals surface area contributed by atoms with Crippen LogP contribution in [-0.4, -0.2) is 69.8 Å². The van der Waals surface area contributed by atoms with E-state index >= 15 is 0 Å². The number of carbonyl (C=O) groups excluding carboxylic acids is 2. The number of nitrogens with two attached hydrogens (primary N) is 1. The van der Waals surface area contributed by atoms with E-state index in [0.29, 0.717) is 31.2 Å². The monoisotopic (exact) mass is 528 g/mol. The van der Waals surface area contributed by atoms with Crippen LogP contribution in [0.4, 0.5) is 22.1 Å². The van der Waals surface area contributed by atoms with Crippen LogP contribution in [0, 0.1) is 0 Å². The van der Waals surface area contributed by atoms with Crippen LogP contribution in [0.2, 0.25) is 0 Å². The van der Waals surface area contributed by atoms with Crippen LogP contribution in [0.3, 0.4) is 0 Å². The van der Waals surface area contributed by atoms with E-state index in [4.69, 9.17) is 15.2 Å². The molecule has 1 amide bonds. The molecule has 3 aromatic heterocycles. The van der Waals surface area contributed by atoms with E-state index in [1.165, 1.54) is 15.8 Å². The maximum atomic E-state index is 12.2. The second kappa shape index (κ2) is 12.5. The predicted molar refractivity (Wildman–Crippen MR) is 141 cm³/mol. The highest BCUT2D eigenvalue weighted by atomic mass is 32.1. The average Bonchev–Trinajstić information content (AvgIpc) is 3.66. The molecule has 0 aliphatic carbocycles. The van der Waals surface area contributed by atoms with E-state index in [2.05, 4.69) is 38.2 Å². The van der Waals surface area contributed by atoms with Gasteiger partial charge in [0.15, 0.2) is 11.6 Å². The summed E-state index contributed by atoms with van der Waals surface area (Å²) in [6.07, 6.45) is 7.33. The van der Waals surface area contributed by atoms with Crippen LogP contribution in [-0.2, 0) is 22.6 Å². The number of likely N-dealkylation sites (tertiary alicyclic amines) is 1. The fourth-order valence-electron chi connectivity index (χ4n) is 4.02. The van der Waals surface area contributed by atoms with E-state index in [0.717, 1.165) is 48.5 Å². The van der Waals surface area contributed by atoms with Gasteiger partial charge < -0.3 is 20.5 Å². The van der Waals surface area contributed by atoms with Crippen molar-refractivity contribution in [2.24, 2.45) is 0 Å². The van der Waals surface area contributed by atoms with Gasteiger partial charge in [0.25, 0.3) is 0 Å². The zero-order valence-electron chi connectivity index (χ0n) is 21.0. The van der Waals surface area contributed by atoms with E-state index in [1.807, 2.05) is 6.07 Å². The van der Waals surface area contributed by atoms with E-state index in [-0.39, 0.29) is 17.9 Å². The van der Waals surface area contributed by atoms with Crippen LogP contribution in [0.5, 0.6) is 6.01 Å². The number of rotatable bonds is 12. The summed E-state index contributed by atoms with van der Waals surface area (Å²) < 4.78 is 12.5. The summed E-state index contributed by atoms with van der Waals surface area (Å²) in [6, 6.07) is 4.21. The lowest BCUT2D eigenvalue weighted by molar-refractivity contribution is -0.107. The SMILES string of the molecule is CCCCOc1nc(N)c(NC)c(N(C=O)Cc2ccc(CN3CCC(OC(=O)n4ccnc4)C3)s2)n1. The molecule has 37 heavy (non-hydrogen) atoms. The molecule has 13 heteroatoms. The highest BCUT2D eigenvalue weighted by Crippen LogP contribution is 2.32. The average molecular weight is 529 g/mol. The van der Waals surface area contributed by atoms with Crippen molar-refractivity contribution in [1.82, 2.24) is 24.4 Å². The summed E-state index contributed by atoms with van der Waals surface area (Å²) in [5.74, 6) is 0.587. The Balaban J connectivity index is 1.37. The van der Waals surface area contributed by atoms with Crippen LogP contribution in [0.1, 0.15) is 35.9 Å². The van der Waals surface area contributed by atoms with Crippen molar-refractivity contribution < 1.29 is 19.1 Å². The number of ether oxygens (including phenoxy) is 2. The lowest BCUT2D eigenvalue weighted by atomic mass is 10.3. The quantitative estimate of drug-likeness (QED) is 0.266. The fourth-order valence-corrected chi connectivity index (χ4v) is 5.07. The number of nitrogen functional groups attached to an aromatic ring is 1. The molecule has 0 bridgehead atoms. The van der Waals surface area contributed by atoms with Gasteiger partial charge in [-0.05, 0) is 25.0 Å². The second-order valence-corrected chi connectivity index (χ2v) is 9.90. The van der Waals surface area contributed by atoms with Crippen molar-refractivity contribution in [2.45, 2.75) is 45.4 Å². The standard InChI is InChI=1S/C24H32N8O4S/c1-3-4-11-35-23-28-21(25)20(26-2)22(29-23)32(16-33)14-19-6-5-18(37-19)13-30-9-7-17(12-30)36-24(34)31-10-8-27-15-31/h5-6,8,10,15-17,26H,3-4,7,9,11-14H2,1-2H3,(H2,25,28,29). The third-order valence-corrected chi connectivity index (χ3v) is 6.97. The molecule has 1 aliphatic heterocycles. The zero-order chi connectivity index (χ0) is 26.2.